The molecule has 4 aromatic carbocycles. The van der Waals surface area contributed by atoms with Gasteiger partial charge in [0.25, 0.3) is 5.91 Å². The van der Waals surface area contributed by atoms with Crippen molar-refractivity contribution in [2.24, 2.45) is 4.99 Å². The van der Waals surface area contributed by atoms with Crippen molar-refractivity contribution < 1.29 is 36.6 Å². The topological polar surface area (TPSA) is 114 Å². The predicted octanol–water partition coefficient (Wildman–Crippen LogP) is 6.47. The molecule has 5 rings (SSSR count). The van der Waals surface area contributed by atoms with E-state index in [1.54, 1.807) is 54.6 Å². The second-order valence-corrected chi connectivity index (χ2v) is 13.7. The molecule has 0 unspecified atom stereocenters. The van der Waals surface area contributed by atoms with E-state index in [0.29, 0.717) is 34.9 Å². The minimum Gasteiger partial charge on any atom is -0.494 e. The Morgan fingerprint density at radius 3 is 2.40 bits per heavy atom. The molecule has 0 bridgehead atoms. The number of aliphatic hydroxyl groups excluding tert-OH is 1. The number of aliphatic imine (C=N–C) groups is 1. The molecule has 0 aromatic heterocycles. The van der Waals surface area contributed by atoms with Crippen molar-refractivity contribution in [2.75, 3.05) is 19.0 Å². The zero-order valence-electron chi connectivity index (χ0n) is 24.8. The van der Waals surface area contributed by atoms with Crippen molar-refractivity contribution in [1.29, 1.82) is 0 Å². The van der Waals surface area contributed by atoms with Gasteiger partial charge < -0.3 is 19.9 Å². The van der Waals surface area contributed by atoms with Crippen LogP contribution in [0.4, 0.5) is 8.78 Å². The number of nitrogens with zero attached hydrogens (tertiary/aromatic N) is 1. The van der Waals surface area contributed by atoms with Crippen LogP contribution in [0.1, 0.15) is 35.6 Å². The summed E-state index contributed by atoms with van der Waals surface area (Å²) in [5, 5.41) is 12.2. The van der Waals surface area contributed by atoms with Crippen LogP contribution in [0.25, 0.3) is 0 Å². The molecule has 0 radical (unpaired) electrons. The lowest BCUT2D eigenvalue weighted by atomic mass is 9.85. The highest BCUT2D eigenvalue weighted by molar-refractivity contribution is 7.91. The van der Waals surface area contributed by atoms with Crippen molar-refractivity contribution in [3.8, 4) is 5.75 Å². The van der Waals surface area contributed by atoms with Crippen LogP contribution in [0.2, 0.25) is 10.0 Å². The third-order valence-corrected chi connectivity index (χ3v) is 9.86. The molecule has 2 N–H and O–H groups in total. The molecule has 47 heavy (non-hydrogen) atoms. The number of sulfone groups is 1. The Kier molecular flexibility index (Phi) is 10.8. The number of benzene rings is 4. The zero-order chi connectivity index (χ0) is 33.6. The van der Waals surface area contributed by atoms with Crippen molar-refractivity contribution >= 4 is 44.8 Å². The van der Waals surface area contributed by atoms with Crippen molar-refractivity contribution in [1.82, 2.24) is 5.32 Å². The minimum atomic E-state index is -3.90. The number of carbonyl (C=O) groups excluding carboxylic acids is 1. The van der Waals surface area contributed by atoms with Crippen LogP contribution in [0.5, 0.6) is 5.75 Å². The number of amides is 1. The Labute approximate surface area is 280 Å². The fourth-order valence-corrected chi connectivity index (χ4v) is 6.98. The van der Waals surface area contributed by atoms with Crippen LogP contribution in [0, 0.1) is 11.6 Å². The first-order chi connectivity index (χ1) is 22.5. The summed E-state index contributed by atoms with van der Waals surface area (Å²) in [7, 11) is -3.90. The van der Waals surface area contributed by atoms with Crippen LogP contribution in [0.3, 0.4) is 0 Å². The van der Waals surface area contributed by atoms with Gasteiger partial charge in [0.15, 0.2) is 33.1 Å². The van der Waals surface area contributed by atoms with E-state index in [4.69, 9.17) is 42.8 Å². The van der Waals surface area contributed by atoms with Gasteiger partial charge in [-0.2, -0.15) is 0 Å². The first-order valence-electron chi connectivity index (χ1n) is 14.6. The lowest BCUT2D eigenvalue weighted by molar-refractivity contribution is -0.129. The molecule has 1 heterocycles. The highest BCUT2D eigenvalue weighted by Crippen LogP contribution is 2.45. The second kappa shape index (κ2) is 14.8. The van der Waals surface area contributed by atoms with E-state index < -0.39 is 44.8 Å². The molecule has 1 aliphatic heterocycles. The van der Waals surface area contributed by atoms with E-state index in [1.165, 1.54) is 24.3 Å². The molecule has 2 atom stereocenters. The predicted molar refractivity (Wildman–Crippen MR) is 175 cm³/mol. The maximum atomic E-state index is 14.3. The molecule has 4 aromatic rings. The van der Waals surface area contributed by atoms with Gasteiger partial charge in [0, 0.05) is 47.2 Å². The van der Waals surface area contributed by atoms with Crippen molar-refractivity contribution in [3.63, 3.8) is 0 Å². The maximum absolute atomic E-state index is 14.3. The number of halogens is 4. The summed E-state index contributed by atoms with van der Waals surface area (Å²) in [6, 6.07) is 22.3. The second-order valence-electron chi connectivity index (χ2n) is 10.8. The molecule has 8 nitrogen and oxygen atoms in total. The van der Waals surface area contributed by atoms with Crippen LogP contribution in [-0.4, -0.2) is 49.8 Å². The molecule has 0 saturated carbocycles. The lowest BCUT2D eigenvalue weighted by Gasteiger charge is -2.31. The number of ether oxygens (including phenoxy) is 2. The van der Waals surface area contributed by atoms with Gasteiger partial charge in [0.05, 0.1) is 17.3 Å². The normalized spacial score (nSPS) is 17.6. The standard InChI is InChI=1S/C34H30Cl2F2N2O6S/c35-24-10-13-27(28(36)20-24)31-34(15-18-47(43,44)26-5-2-1-3-6-26,33(42)39-21-22-7-14-29(37)30(38)19-22)40-32(46-31)23-8-11-25(12-9-23)45-17-4-16-41/h1-3,5-14,19-20,31,41H,4,15-18,21H2,(H,39,42)/t31-,34-/m1/s1. The van der Waals surface area contributed by atoms with Gasteiger partial charge in [-0.15, -0.1) is 0 Å². The van der Waals surface area contributed by atoms with Gasteiger partial charge in [0.2, 0.25) is 5.90 Å². The first kappa shape index (κ1) is 34.3. The van der Waals surface area contributed by atoms with Crippen LogP contribution < -0.4 is 10.1 Å². The van der Waals surface area contributed by atoms with Gasteiger partial charge in [0.1, 0.15) is 5.75 Å². The van der Waals surface area contributed by atoms with Crippen molar-refractivity contribution in [3.05, 3.63) is 129 Å². The lowest BCUT2D eigenvalue weighted by Crippen LogP contribution is -2.49. The van der Waals surface area contributed by atoms with Gasteiger partial charge in [-0.1, -0.05) is 53.5 Å². The van der Waals surface area contributed by atoms with Gasteiger partial charge in [-0.3, -0.25) is 4.79 Å². The Balaban J connectivity index is 1.57. The highest BCUT2D eigenvalue weighted by Gasteiger charge is 2.54. The summed E-state index contributed by atoms with van der Waals surface area (Å²) in [4.78, 5) is 19.2. The quantitative estimate of drug-likeness (QED) is 0.154. The average molecular weight is 704 g/mol. The van der Waals surface area contributed by atoms with E-state index in [-0.39, 0.29) is 41.0 Å². The molecular weight excluding hydrogens is 673 g/mol. The largest absolute Gasteiger partial charge is 0.494 e. The number of rotatable bonds is 13. The number of hydrogen-bond acceptors (Lipinski definition) is 7. The monoisotopic (exact) mass is 702 g/mol. The Morgan fingerprint density at radius 2 is 1.72 bits per heavy atom. The smallest absolute Gasteiger partial charge is 0.252 e. The molecule has 0 saturated heterocycles. The average Bonchev–Trinajstić information content (AvgIpc) is 3.45. The van der Waals surface area contributed by atoms with E-state index >= 15 is 0 Å². The fraction of sp³-hybridized carbons (Fsp3) is 0.235. The Morgan fingerprint density at radius 1 is 0.979 bits per heavy atom. The fourth-order valence-electron chi connectivity index (χ4n) is 5.08. The van der Waals surface area contributed by atoms with E-state index in [0.717, 1.165) is 12.1 Å². The third-order valence-electron chi connectivity index (χ3n) is 7.57. The summed E-state index contributed by atoms with van der Waals surface area (Å²) in [5.41, 5.74) is -0.816. The Bertz CT molecular complexity index is 1880. The number of carbonyl (C=O) groups is 1. The van der Waals surface area contributed by atoms with E-state index in [2.05, 4.69) is 5.32 Å². The SMILES string of the molecule is O=C(NCc1ccc(F)c(F)c1)[C@]1(CCS(=O)(=O)c2ccccc2)N=C(c2ccc(OCCCO)cc2)O[C@@H]1c1ccc(Cl)cc1Cl. The van der Waals surface area contributed by atoms with Crippen LogP contribution >= 0.6 is 23.2 Å². The molecule has 1 aliphatic rings. The number of nitrogens with one attached hydrogen (secondary N) is 1. The molecule has 1 amide bonds. The third kappa shape index (κ3) is 7.93. The molecular formula is C34H30Cl2F2N2O6S. The molecule has 246 valence electrons. The first-order valence-corrected chi connectivity index (χ1v) is 17.0. The summed E-state index contributed by atoms with van der Waals surface area (Å²) in [5.74, 6) is -2.76. The minimum absolute atomic E-state index is 0.0163. The van der Waals surface area contributed by atoms with Crippen LogP contribution in [0.15, 0.2) is 101 Å². The summed E-state index contributed by atoms with van der Waals surface area (Å²) >= 11 is 12.8. The summed E-state index contributed by atoms with van der Waals surface area (Å²) in [6.07, 6.45) is -1.09. The summed E-state index contributed by atoms with van der Waals surface area (Å²) < 4.78 is 66.5. The summed E-state index contributed by atoms with van der Waals surface area (Å²) in [6.45, 7) is 0.0776. The number of aliphatic hydroxyl groups is 1. The van der Waals surface area contributed by atoms with E-state index in [9.17, 15) is 22.0 Å². The molecule has 13 heteroatoms. The van der Waals surface area contributed by atoms with Gasteiger partial charge in [-0.05, 0) is 66.2 Å². The Hall–Kier alpha value is -4.03. The molecule has 0 spiro atoms. The maximum Gasteiger partial charge on any atom is 0.252 e. The highest BCUT2D eigenvalue weighted by atomic mass is 35.5. The van der Waals surface area contributed by atoms with E-state index in [1.807, 2.05) is 0 Å². The van der Waals surface area contributed by atoms with Crippen LogP contribution in [-0.2, 0) is 25.9 Å². The number of hydrogen-bond donors (Lipinski definition) is 2. The molecule has 0 aliphatic carbocycles. The molecule has 0 fully saturated rings. The van der Waals surface area contributed by atoms with Crippen molar-refractivity contribution in [2.45, 2.75) is 35.9 Å². The van der Waals surface area contributed by atoms with Gasteiger partial charge in [-0.25, -0.2) is 22.2 Å². The zero-order valence-corrected chi connectivity index (χ0v) is 27.2. The van der Waals surface area contributed by atoms with Gasteiger partial charge >= 0.3 is 0 Å².